The van der Waals surface area contributed by atoms with Crippen LogP contribution in [0.15, 0.2) is 11.6 Å². The van der Waals surface area contributed by atoms with E-state index in [0.29, 0.717) is 6.10 Å². The fraction of sp³-hybridized carbons (Fsp3) is 0.867. The number of ether oxygens (including phenoxy) is 1. The lowest BCUT2D eigenvalue weighted by Crippen LogP contribution is -2.35. The molecule has 0 radical (unpaired) electrons. The lowest BCUT2D eigenvalue weighted by atomic mass is 9.92. The molecule has 0 aromatic heterocycles. The molecule has 2 nitrogen and oxygen atoms in total. The maximum Gasteiger partial charge on any atom is 0.0572 e. The van der Waals surface area contributed by atoms with Gasteiger partial charge in [0.05, 0.1) is 6.10 Å². The van der Waals surface area contributed by atoms with Gasteiger partial charge in [-0.15, -0.1) is 0 Å². The Morgan fingerprint density at radius 3 is 2.71 bits per heavy atom. The summed E-state index contributed by atoms with van der Waals surface area (Å²) < 4.78 is 5.40. The molecule has 2 aliphatic carbocycles. The van der Waals surface area contributed by atoms with Crippen LogP contribution >= 0.6 is 0 Å². The van der Waals surface area contributed by atoms with Crippen LogP contribution in [0.5, 0.6) is 0 Å². The molecule has 0 amide bonds. The van der Waals surface area contributed by atoms with E-state index in [0.717, 1.165) is 6.04 Å². The first-order chi connectivity index (χ1) is 8.38. The Balaban J connectivity index is 1.58. The van der Waals surface area contributed by atoms with Crippen LogP contribution in [0.3, 0.4) is 0 Å². The number of nitrogens with one attached hydrogen (secondary N) is 1. The van der Waals surface area contributed by atoms with E-state index in [2.05, 4.69) is 11.4 Å². The van der Waals surface area contributed by atoms with E-state index in [4.69, 9.17) is 4.74 Å². The summed E-state index contributed by atoms with van der Waals surface area (Å²) in [7, 11) is 1.84. The average Bonchev–Trinajstić information content (AvgIpc) is 2.41. The first kappa shape index (κ1) is 13.1. The molecule has 0 aromatic rings. The molecule has 17 heavy (non-hydrogen) atoms. The van der Waals surface area contributed by atoms with Gasteiger partial charge in [0, 0.05) is 13.2 Å². The zero-order valence-corrected chi connectivity index (χ0v) is 11.2. The van der Waals surface area contributed by atoms with Crippen LogP contribution in [0, 0.1) is 0 Å². The number of hydrogen-bond donors (Lipinski definition) is 1. The van der Waals surface area contributed by atoms with Crippen LogP contribution in [-0.4, -0.2) is 25.8 Å². The first-order valence-electron chi connectivity index (χ1n) is 7.32. The molecule has 98 valence electrons. The van der Waals surface area contributed by atoms with Crippen molar-refractivity contribution < 1.29 is 4.74 Å². The van der Waals surface area contributed by atoms with Crippen molar-refractivity contribution >= 4 is 0 Å². The second-order valence-corrected chi connectivity index (χ2v) is 5.52. The highest BCUT2D eigenvalue weighted by Crippen LogP contribution is 2.22. The van der Waals surface area contributed by atoms with Gasteiger partial charge in [-0.3, -0.25) is 0 Å². The van der Waals surface area contributed by atoms with Gasteiger partial charge < -0.3 is 10.1 Å². The Kier molecular flexibility index (Phi) is 5.53. The average molecular weight is 237 g/mol. The maximum atomic E-state index is 5.40. The zero-order chi connectivity index (χ0) is 11.9. The van der Waals surface area contributed by atoms with E-state index in [1.165, 1.54) is 64.3 Å². The second kappa shape index (κ2) is 7.17. The van der Waals surface area contributed by atoms with Crippen LogP contribution in [-0.2, 0) is 4.74 Å². The molecule has 1 fully saturated rings. The van der Waals surface area contributed by atoms with Gasteiger partial charge in [-0.05, 0) is 64.3 Å². The molecule has 1 N–H and O–H groups in total. The zero-order valence-electron chi connectivity index (χ0n) is 11.2. The van der Waals surface area contributed by atoms with Gasteiger partial charge in [0.1, 0.15) is 0 Å². The third kappa shape index (κ3) is 4.44. The van der Waals surface area contributed by atoms with Gasteiger partial charge in [0.2, 0.25) is 0 Å². The van der Waals surface area contributed by atoms with Crippen LogP contribution in [0.25, 0.3) is 0 Å². The summed E-state index contributed by atoms with van der Waals surface area (Å²) >= 11 is 0. The molecular weight excluding hydrogens is 210 g/mol. The normalized spacial score (nSPS) is 30.1. The van der Waals surface area contributed by atoms with Crippen molar-refractivity contribution in [3.8, 4) is 0 Å². The molecular formula is C15H27NO. The van der Waals surface area contributed by atoms with E-state index in [1.807, 2.05) is 7.11 Å². The fourth-order valence-corrected chi connectivity index (χ4v) is 3.07. The van der Waals surface area contributed by atoms with E-state index in [-0.39, 0.29) is 0 Å². The largest absolute Gasteiger partial charge is 0.381 e. The summed E-state index contributed by atoms with van der Waals surface area (Å²) in [5, 5.41) is 3.72. The molecule has 0 heterocycles. The summed E-state index contributed by atoms with van der Waals surface area (Å²) in [5.41, 5.74) is 1.69. The number of allylic oxidation sites excluding steroid dienone is 1. The van der Waals surface area contributed by atoms with Crippen molar-refractivity contribution in [1.29, 1.82) is 0 Å². The molecule has 2 heteroatoms. The summed E-state index contributed by atoms with van der Waals surface area (Å²) in [4.78, 5) is 0. The van der Waals surface area contributed by atoms with Gasteiger partial charge >= 0.3 is 0 Å². The maximum absolute atomic E-state index is 5.40. The van der Waals surface area contributed by atoms with E-state index in [1.54, 1.807) is 5.57 Å². The van der Waals surface area contributed by atoms with Crippen molar-refractivity contribution in [2.45, 2.75) is 69.9 Å². The van der Waals surface area contributed by atoms with Crippen molar-refractivity contribution in [3.63, 3.8) is 0 Å². The van der Waals surface area contributed by atoms with E-state index in [9.17, 15) is 0 Å². The molecule has 0 atom stereocenters. The Hall–Kier alpha value is -0.340. The standard InChI is InChI=1S/C15H27NO/c1-17-15-9-7-14(8-10-15)16-12-11-13-5-3-2-4-6-13/h5,14-16H,2-4,6-12H2,1H3. The third-order valence-electron chi connectivity index (χ3n) is 4.27. The van der Waals surface area contributed by atoms with Crippen molar-refractivity contribution in [1.82, 2.24) is 5.32 Å². The number of methoxy groups -OCH3 is 1. The third-order valence-corrected chi connectivity index (χ3v) is 4.27. The summed E-state index contributed by atoms with van der Waals surface area (Å²) in [6, 6.07) is 0.741. The molecule has 0 bridgehead atoms. The lowest BCUT2D eigenvalue weighted by molar-refractivity contribution is 0.0626. The summed E-state index contributed by atoms with van der Waals surface area (Å²) in [6.45, 7) is 1.17. The highest BCUT2D eigenvalue weighted by atomic mass is 16.5. The minimum atomic E-state index is 0.522. The molecule has 1 saturated carbocycles. The first-order valence-corrected chi connectivity index (χ1v) is 7.32. The van der Waals surface area contributed by atoms with Crippen LogP contribution < -0.4 is 5.32 Å². The Bertz CT molecular complexity index is 241. The predicted octanol–water partition coefficient (Wildman–Crippen LogP) is 3.42. The Labute approximate surface area is 106 Å². The van der Waals surface area contributed by atoms with Crippen LogP contribution in [0.1, 0.15) is 57.8 Å². The van der Waals surface area contributed by atoms with E-state index < -0.39 is 0 Å². The van der Waals surface area contributed by atoms with Crippen LogP contribution in [0.2, 0.25) is 0 Å². The fourth-order valence-electron chi connectivity index (χ4n) is 3.07. The molecule has 2 aliphatic rings. The SMILES string of the molecule is COC1CCC(NCCC2=CCCCC2)CC1. The summed E-state index contributed by atoms with van der Waals surface area (Å²) in [6.07, 6.45) is 14.8. The molecule has 0 aromatic carbocycles. The topological polar surface area (TPSA) is 21.3 Å². The number of rotatable bonds is 5. The molecule has 2 rings (SSSR count). The molecule has 0 spiro atoms. The molecule has 0 saturated heterocycles. The minimum absolute atomic E-state index is 0.522. The lowest BCUT2D eigenvalue weighted by Gasteiger charge is -2.28. The minimum Gasteiger partial charge on any atom is -0.381 e. The van der Waals surface area contributed by atoms with Crippen molar-refractivity contribution in [2.75, 3.05) is 13.7 Å². The Morgan fingerprint density at radius 2 is 2.06 bits per heavy atom. The van der Waals surface area contributed by atoms with Crippen molar-refractivity contribution in [2.24, 2.45) is 0 Å². The second-order valence-electron chi connectivity index (χ2n) is 5.52. The number of hydrogen-bond acceptors (Lipinski definition) is 2. The summed E-state index contributed by atoms with van der Waals surface area (Å²) in [5.74, 6) is 0. The van der Waals surface area contributed by atoms with Gasteiger partial charge in [-0.1, -0.05) is 11.6 Å². The van der Waals surface area contributed by atoms with Gasteiger partial charge in [-0.25, -0.2) is 0 Å². The predicted molar refractivity (Wildman–Crippen MR) is 72.2 cm³/mol. The van der Waals surface area contributed by atoms with Gasteiger partial charge in [0.25, 0.3) is 0 Å². The molecule has 0 unspecified atom stereocenters. The van der Waals surface area contributed by atoms with Crippen molar-refractivity contribution in [3.05, 3.63) is 11.6 Å². The highest BCUT2D eigenvalue weighted by Gasteiger charge is 2.20. The molecule has 0 aliphatic heterocycles. The van der Waals surface area contributed by atoms with E-state index >= 15 is 0 Å². The van der Waals surface area contributed by atoms with Gasteiger partial charge in [-0.2, -0.15) is 0 Å². The monoisotopic (exact) mass is 237 g/mol. The Morgan fingerprint density at radius 1 is 1.24 bits per heavy atom. The van der Waals surface area contributed by atoms with Gasteiger partial charge in [0.15, 0.2) is 0 Å². The smallest absolute Gasteiger partial charge is 0.0572 e. The quantitative estimate of drug-likeness (QED) is 0.740. The van der Waals surface area contributed by atoms with Crippen LogP contribution in [0.4, 0.5) is 0 Å². The highest BCUT2D eigenvalue weighted by molar-refractivity contribution is 5.05.